The minimum atomic E-state index is -0.590. The summed E-state index contributed by atoms with van der Waals surface area (Å²) in [5, 5.41) is 12.0. The monoisotopic (exact) mass is 350 g/mol. The van der Waals surface area contributed by atoms with Crippen molar-refractivity contribution in [3.8, 4) is 17.2 Å². The van der Waals surface area contributed by atoms with Gasteiger partial charge in [0.05, 0.1) is 17.2 Å². The molecular formula is C21H22N2O3. The van der Waals surface area contributed by atoms with Gasteiger partial charge in [-0.05, 0) is 30.0 Å². The lowest BCUT2D eigenvalue weighted by Gasteiger charge is -2.11. The average Bonchev–Trinajstić information content (AvgIpc) is 2.65. The number of rotatable bonds is 7. The summed E-state index contributed by atoms with van der Waals surface area (Å²) in [5.41, 5.74) is 2.06. The second kappa shape index (κ2) is 9.38. The number of ether oxygens (including phenoxy) is 1. The predicted molar refractivity (Wildman–Crippen MR) is 99.3 cm³/mol. The van der Waals surface area contributed by atoms with E-state index in [-0.39, 0.29) is 12.5 Å². The van der Waals surface area contributed by atoms with E-state index in [2.05, 4.69) is 25.2 Å². The number of amides is 1. The van der Waals surface area contributed by atoms with Crippen LogP contribution in [0.25, 0.3) is 11.1 Å². The molecule has 0 saturated heterocycles. The molecule has 0 spiro atoms. The zero-order valence-corrected chi connectivity index (χ0v) is 15.0. The Kier molecular flexibility index (Phi) is 6.92. The van der Waals surface area contributed by atoms with Gasteiger partial charge in [-0.25, -0.2) is 4.79 Å². The number of benzene rings is 2. The van der Waals surface area contributed by atoms with E-state index in [1.165, 1.54) is 0 Å². The standard InChI is InChI=1S/C21H22N2O3/c1-15(2)11-12-23-20(24)14-26-21(25)19-10-6-5-9-18(19)17-8-4-3-7-16(17)13-22/h3-10,15H,11-12,14H2,1-2H3,(H,23,24). The van der Waals surface area contributed by atoms with Gasteiger partial charge < -0.3 is 10.1 Å². The number of carbonyl (C=O) groups excluding carboxylic acids is 2. The molecule has 0 fully saturated rings. The molecule has 0 saturated carbocycles. The number of esters is 1. The number of nitrogens with zero attached hydrogens (tertiary/aromatic N) is 1. The summed E-state index contributed by atoms with van der Waals surface area (Å²) in [4.78, 5) is 24.2. The quantitative estimate of drug-likeness (QED) is 0.775. The van der Waals surface area contributed by atoms with Crippen LogP contribution in [0.5, 0.6) is 0 Å². The maximum absolute atomic E-state index is 12.4. The van der Waals surface area contributed by atoms with E-state index in [0.29, 0.717) is 34.7 Å². The molecule has 0 unspecified atom stereocenters. The summed E-state index contributed by atoms with van der Waals surface area (Å²) in [7, 11) is 0. The number of nitriles is 1. The Morgan fingerprint density at radius 3 is 2.42 bits per heavy atom. The zero-order chi connectivity index (χ0) is 18.9. The minimum absolute atomic E-state index is 0.324. The van der Waals surface area contributed by atoms with Gasteiger partial charge in [0.2, 0.25) is 0 Å². The van der Waals surface area contributed by atoms with Crippen LogP contribution in [0.15, 0.2) is 48.5 Å². The van der Waals surface area contributed by atoms with Gasteiger partial charge in [-0.2, -0.15) is 5.26 Å². The van der Waals surface area contributed by atoms with Crippen LogP contribution in [-0.4, -0.2) is 25.0 Å². The van der Waals surface area contributed by atoms with Crippen molar-refractivity contribution in [2.24, 2.45) is 5.92 Å². The maximum Gasteiger partial charge on any atom is 0.339 e. The lowest BCUT2D eigenvalue weighted by atomic mass is 9.96. The largest absolute Gasteiger partial charge is 0.452 e. The topological polar surface area (TPSA) is 79.2 Å². The first kappa shape index (κ1) is 19.2. The van der Waals surface area contributed by atoms with Crippen LogP contribution in [0.1, 0.15) is 36.2 Å². The van der Waals surface area contributed by atoms with Gasteiger partial charge in [0.15, 0.2) is 6.61 Å². The molecule has 1 amide bonds. The highest BCUT2D eigenvalue weighted by atomic mass is 16.5. The van der Waals surface area contributed by atoms with E-state index in [9.17, 15) is 14.9 Å². The van der Waals surface area contributed by atoms with Crippen molar-refractivity contribution in [3.05, 3.63) is 59.7 Å². The fraction of sp³-hybridized carbons (Fsp3) is 0.286. The van der Waals surface area contributed by atoms with Crippen molar-refractivity contribution < 1.29 is 14.3 Å². The summed E-state index contributed by atoms with van der Waals surface area (Å²) in [6.07, 6.45) is 0.869. The Morgan fingerprint density at radius 2 is 1.73 bits per heavy atom. The van der Waals surface area contributed by atoms with Gasteiger partial charge in [-0.15, -0.1) is 0 Å². The lowest BCUT2D eigenvalue weighted by Crippen LogP contribution is -2.30. The van der Waals surface area contributed by atoms with E-state index in [4.69, 9.17) is 4.74 Å². The number of carbonyl (C=O) groups is 2. The molecule has 0 radical (unpaired) electrons. The molecule has 5 heteroatoms. The molecule has 0 aliphatic carbocycles. The first-order chi connectivity index (χ1) is 12.5. The predicted octanol–water partition coefficient (Wildman–Crippen LogP) is 3.54. The van der Waals surface area contributed by atoms with Crippen LogP contribution in [-0.2, 0) is 9.53 Å². The maximum atomic E-state index is 12.4. The van der Waals surface area contributed by atoms with Gasteiger partial charge in [-0.1, -0.05) is 50.2 Å². The zero-order valence-electron chi connectivity index (χ0n) is 15.0. The molecule has 1 N–H and O–H groups in total. The van der Waals surface area contributed by atoms with E-state index in [0.717, 1.165) is 6.42 Å². The number of hydrogen-bond donors (Lipinski definition) is 1. The van der Waals surface area contributed by atoms with Crippen molar-refractivity contribution in [3.63, 3.8) is 0 Å². The third-order valence-corrected chi connectivity index (χ3v) is 3.86. The van der Waals surface area contributed by atoms with Gasteiger partial charge >= 0.3 is 5.97 Å². The number of nitrogens with one attached hydrogen (secondary N) is 1. The van der Waals surface area contributed by atoms with E-state index >= 15 is 0 Å². The van der Waals surface area contributed by atoms with Crippen LogP contribution in [0.3, 0.4) is 0 Å². The first-order valence-corrected chi connectivity index (χ1v) is 8.55. The fourth-order valence-electron chi connectivity index (χ4n) is 2.47. The molecule has 0 heterocycles. The van der Waals surface area contributed by atoms with Gasteiger partial charge in [0.1, 0.15) is 0 Å². The average molecular weight is 350 g/mol. The SMILES string of the molecule is CC(C)CCNC(=O)COC(=O)c1ccccc1-c1ccccc1C#N. The van der Waals surface area contributed by atoms with Crippen molar-refractivity contribution in [2.75, 3.05) is 13.2 Å². The van der Waals surface area contributed by atoms with Crippen LogP contribution in [0.2, 0.25) is 0 Å². The highest BCUT2D eigenvalue weighted by molar-refractivity contribution is 5.98. The van der Waals surface area contributed by atoms with Crippen LogP contribution in [0, 0.1) is 17.2 Å². The Labute approximate surface area is 153 Å². The second-order valence-electron chi connectivity index (χ2n) is 6.31. The van der Waals surface area contributed by atoms with Crippen LogP contribution < -0.4 is 5.32 Å². The molecule has 0 aliphatic rings. The first-order valence-electron chi connectivity index (χ1n) is 8.55. The van der Waals surface area contributed by atoms with Crippen molar-refractivity contribution in [2.45, 2.75) is 20.3 Å². The molecule has 2 aromatic carbocycles. The third kappa shape index (κ3) is 5.18. The Morgan fingerprint density at radius 1 is 1.08 bits per heavy atom. The van der Waals surface area contributed by atoms with Gasteiger partial charge in [0, 0.05) is 12.1 Å². The summed E-state index contributed by atoms with van der Waals surface area (Å²) >= 11 is 0. The Bertz CT molecular complexity index is 822. The van der Waals surface area contributed by atoms with Gasteiger partial charge in [0.25, 0.3) is 5.91 Å². The van der Waals surface area contributed by atoms with Crippen molar-refractivity contribution in [1.29, 1.82) is 5.26 Å². The smallest absolute Gasteiger partial charge is 0.339 e. The van der Waals surface area contributed by atoms with Gasteiger partial charge in [-0.3, -0.25) is 4.79 Å². The van der Waals surface area contributed by atoms with Crippen LogP contribution >= 0.6 is 0 Å². The van der Waals surface area contributed by atoms with Crippen molar-refractivity contribution in [1.82, 2.24) is 5.32 Å². The highest BCUT2D eigenvalue weighted by Crippen LogP contribution is 2.27. The molecule has 2 rings (SSSR count). The highest BCUT2D eigenvalue weighted by Gasteiger charge is 2.17. The summed E-state index contributed by atoms with van der Waals surface area (Å²) in [5.74, 6) is -0.425. The molecule has 134 valence electrons. The third-order valence-electron chi connectivity index (χ3n) is 3.86. The molecule has 26 heavy (non-hydrogen) atoms. The molecule has 0 aromatic heterocycles. The molecular weight excluding hydrogens is 328 g/mol. The summed E-state index contributed by atoms with van der Waals surface area (Å²) in [6.45, 7) is 4.37. The Balaban J connectivity index is 2.09. The molecule has 2 aromatic rings. The van der Waals surface area contributed by atoms with Crippen molar-refractivity contribution >= 4 is 11.9 Å². The van der Waals surface area contributed by atoms with E-state index in [1.54, 1.807) is 48.5 Å². The Hall–Kier alpha value is -3.13. The summed E-state index contributed by atoms with van der Waals surface area (Å²) in [6, 6.07) is 16.1. The van der Waals surface area contributed by atoms with Crippen LogP contribution in [0.4, 0.5) is 0 Å². The van der Waals surface area contributed by atoms with E-state index in [1.807, 2.05) is 0 Å². The number of hydrogen-bond acceptors (Lipinski definition) is 4. The normalized spacial score (nSPS) is 10.2. The molecule has 0 bridgehead atoms. The minimum Gasteiger partial charge on any atom is -0.452 e. The molecule has 0 aliphatic heterocycles. The second-order valence-corrected chi connectivity index (χ2v) is 6.31. The van der Waals surface area contributed by atoms with E-state index < -0.39 is 5.97 Å². The fourth-order valence-corrected chi connectivity index (χ4v) is 2.47. The molecule has 0 atom stereocenters. The molecule has 5 nitrogen and oxygen atoms in total. The summed E-state index contributed by atoms with van der Waals surface area (Å²) < 4.78 is 5.15. The lowest BCUT2D eigenvalue weighted by molar-refractivity contribution is -0.124.